The molecule has 0 saturated carbocycles. The van der Waals surface area contributed by atoms with Gasteiger partial charge in [-0.05, 0) is 17.7 Å². The summed E-state index contributed by atoms with van der Waals surface area (Å²) in [4.78, 5) is 4.25. The minimum Gasteiger partial charge on any atom is -0.473 e. The molecule has 4 nitrogen and oxygen atoms in total. The third-order valence-corrected chi connectivity index (χ3v) is 2.77. The van der Waals surface area contributed by atoms with E-state index in [2.05, 4.69) is 10.1 Å². The first-order chi connectivity index (χ1) is 6.83. The molecule has 0 saturated heterocycles. The van der Waals surface area contributed by atoms with Crippen molar-refractivity contribution in [1.29, 1.82) is 0 Å². The molecule has 0 fully saturated rings. The van der Waals surface area contributed by atoms with Crippen molar-refractivity contribution in [2.45, 2.75) is 0 Å². The number of rotatable bonds is 2. The van der Waals surface area contributed by atoms with Crippen molar-refractivity contribution in [2.24, 2.45) is 10.9 Å². The molecule has 1 heterocycles. The van der Waals surface area contributed by atoms with Gasteiger partial charge in [0.05, 0.1) is 23.5 Å². The number of hydrazone groups is 1. The SMILES string of the molecule is COc1nc2ccc(C=NN)cc2s1. The molecular formula is C9H9N3OS. The molecule has 2 aromatic rings. The van der Waals surface area contributed by atoms with E-state index in [1.807, 2.05) is 18.2 Å². The van der Waals surface area contributed by atoms with Crippen molar-refractivity contribution in [3.8, 4) is 5.19 Å². The van der Waals surface area contributed by atoms with Crippen molar-refractivity contribution < 1.29 is 4.74 Å². The van der Waals surface area contributed by atoms with Gasteiger partial charge < -0.3 is 10.6 Å². The number of thiazole rings is 1. The lowest BCUT2D eigenvalue weighted by Gasteiger charge is -1.90. The van der Waals surface area contributed by atoms with Crippen LogP contribution >= 0.6 is 11.3 Å². The third kappa shape index (κ3) is 1.54. The monoisotopic (exact) mass is 207 g/mol. The van der Waals surface area contributed by atoms with Gasteiger partial charge in [0.1, 0.15) is 0 Å². The van der Waals surface area contributed by atoms with Crippen LogP contribution < -0.4 is 10.6 Å². The summed E-state index contributed by atoms with van der Waals surface area (Å²) in [5, 5.41) is 4.14. The maximum atomic E-state index is 5.07. The number of ether oxygens (including phenoxy) is 1. The Labute approximate surface area is 85.0 Å². The molecule has 14 heavy (non-hydrogen) atoms. The second-order valence-corrected chi connectivity index (χ2v) is 3.68. The maximum Gasteiger partial charge on any atom is 0.274 e. The molecular weight excluding hydrogens is 198 g/mol. The molecule has 72 valence electrons. The predicted molar refractivity (Wildman–Crippen MR) is 58.0 cm³/mol. The highest BCUT2D eigenvalue weighted by Gasteiger charge is 2.03. The number of methoxy groups -OCH3 is 1. The summed E-state index contributed by atoms with van der Waals surface area (Å²) in [6, 6.07) is 5.81. The quantitative estimate of drug-likeness (QED) is 0.462. The molecule has 0 radical (unpaired) electrons. The van der Waals surface area contributed by atoms with Crippen LogP contribution in [0.5, 0.6) is 5.19 Å². The summed E-state index contributed by atoms with van der Waals surface area (Å²) < 4.78 is 6.12. The van der Waals surface area contributed by atoms with E-state index in [1.54, 1.807) is 13.3 Å². The Hall–Kier alpha value is -1.62. The first kappa shape index (κ1) is 8.96. The van der Waals surface area contributed by atoms with Gasteiger partial charge in [-0.25, -0.2) is 4.98 Å². The highest BCUT2D eigenvalue weighted by molar-refractivity contribution is 7.20. The van der Waals surface area contributed by atoms with Gasteiger partial charge in [-0.15, -0.1) is 0 Å². The summed E-state index contributed by atoms with van der Waals surface area (Å²) in [6.07, 6.45) is 1.60. The van der Waals surface area contributed by atoms with Gasteiger partial charge in [-0.1, -0.05) is 17.4 Å². The average Bonchev–Trinajstić information content (AvgIpc) is 2.60. The lowest BCUT2D eigenvalue weighted by atomic mass is 10.2. The Morgan fingerprint density at radius 3 is 3.14 bits per heavy atom. The summed E-state index contributed by atoms with van der Waals surface area (Å²) in [7, 11) is 1.61. The van der Waals surface area contributed by atoms with Crippen molar-refractivity contribution >= 4 is 27.8 Å². The van der Waals surface area contributed by atoms with Crippen molar-refractivity contribution in [1.82, 2.24) is 4.98 Å². The molecule has 0 aliphatic rings. The fourth-order valence-electron chi connectivity index (χ4n) is 1.17. The van der Waals surface area contributed by atoms with Crippen LogP contribution in [0, 0.1) is 0 Å². The lowest BCUT2D eigenvalue weighted by molar-refractivity contribution is 0.413. The Kier molecular flexibility index (Phi) is 2.32. The van der Waals surface area contributed by atoms with E-state index >= 15 is 0 Å². The fourth-order valence-corrected chi connectivity index (χ4v) is 2.00. The molecule has 0 bridgehead atoms. The molecule has 5 heteroatoms. The molecule has 1 aromatic carbocycles. The van der Waals surface area contributed by atoms with Gasteiger partial charge in [0.25, 0.3) is 5.19 Å². The van der Waals surface area contributed by atoms with E-state index in [9.17, 15) is 0 Å². The second-order valence-electron chi connectivity index (χ2n) is 2.69. The molecule has 0 aliphatic heterocycles. The van der Waals surface area contributed by atoms with Crippen LogP contribution in [0.4, 0.5) is 0 Å². The average molecular weight is 207 g/mol. The third-order valence-electron chi connectivity index (χ3n) is 1.79. The number of hydrogen-bond donors (Lipinski definition) is 1. The first-order valence-electron chi connectivity index (χ1n) is 4.01. The van der Waals surface area contributed by atoms with Crippen molar-refractivity contribution in [3.05, 3.63) is 23.8 Å². The van der Waals surface area contributed by atoms with Gasteiger partial charge in [0.15, 0.2) is 0 Å². The minimum absolute atomic E-state index is 0.668. The standard InChI is InChI=1S/C9H9N3OS/c1-13-9-12-7-3-2-6(5-11-10)4-8(7)14-9/h2-5H,10H2,1H3. The number of nitrogens with zero attached hydrogens (tertiary/aromatic N) is 2. The first-order valence-corrected chi connectivity index (χ1v) is 4.83. The summed E-state index contributed by atoms with van der Waals surface area (Å²) in [5.41, 5.74) is 1.90. The smallest absolute Gasteiger partial charge is 0.274 e. The number of aromatic nitrogens is 1. The van der Waals surface area contributed by atoms with Crippen LogP contribution in [0.3, 0.4) is 0 Å². The van der Waals surface area contributed by atoms with Crippen LogP contribution in [-0.2, 0) is 0 Å². The Bertz CT molecular complexity index is 478. The van der Waals surface area contributed by atoms with E-state index in [4.69, 9.17) is 10.6 Å². The summed E-state index contributed by atoms with van der Waals surface area (Å²) in [5.74, 6) is 5.07. The highest BCUT2D eigenvalue weighted by Crippen LogP contribution is 2.27. The van der Waals surface area contributed by atoms with E-state index in [0.29, 0.717) is 5.19 Å². The van der Waals surface area contributed by atoms with Crippen LogP contribution in [-0.4, -0.2) is 18.3 Å². The summed E-state index contributed by atoms with van der Waals surface area (Å²) >= 11 is 1.50. The number of nitrogens with two attached hydrogens (primary N) is 1. The van der Waals surface area contributed by atoms with Gasteiger partial charge in [0, 0.05) is 0 Å². The molecule has 0 aliphatic carbocycles. The zero-order valence-corrected chi connectivity index (χ0v) is 8.41. The predicted octanol–water partition coefficient (Wildman–Crippen LogP) is 1.60. The van der Waals surface area contributed by atoms with Gasteiger partial charge >= 0.3 is 0 Å². The second kappa shape index (κ2) is 3.63. The normalized spacial score (nSPS) is 11.2. The van der Waals surface area contributed by atoms with Crippen LogP contribution in [0.2, 0.25) is 0 Å². The molecule has 1 aromatic heterocycles. The van der Waals surface area contributed by atoms with Crippen LogP contribution in [0.15, 0.2) is 23.3 Å². The number of fused-ring (bicyclic) bond motifs is 1. The Morgan fingerprint density at radius 1 is 1.57 bits per heavy atom. The zero-order valence-electron chi connectivity index (χ0n) is 7.60. The number of hydrogen-bond acceptors (Lipinski definition) is 5. The summed E-state index contributed by atoms with van der Waals surface area (Å²) in [6.45, 7) is 0. The van der Waals surface area contributed by atoms with Crippen molar-refractivity contribution in [3.63, 3.8) is 0 Å². The van der Waals surface area contributed by atoms with Gasteiger partial charge in [-0.3, -0.25) is 0 Å². The van der Waals surface area contributed by atoms with Crippen LogP contribution in [0.1, 0.15) is 5.56 Å². The van der Waals surface area contributed by atoms with Gasteiger partial charge in [0.2, 0.25) is 0 Å². The topological polar surface area (TPSA) is 60.5 Å². The molecule has 2 rings (SSSR count). The van der Waals surface area contributed by atoms with E-state index in [0.717, 1.165) is 15.8 Å². The highest BCUT2D eigenvalue weighted by atomic mass is 32.1. The zero-order chi connectivity index (χ0) is 9.97. The van der Waals surface area contributed by atoms with E-state index in [-0.39, 0.29) is 0 Å². The van der Waals surface area contributed by atoms with E-state index in [1.165, 1.54) is 11.3 Å². The molecule has 0 spiro atoms. The fraction of sp³-hybridized carbons (Fsp3) is 0.111. The lowest BCUT2D eigenvalue weighted by Crippen LogP contribution is -1.85. The molecule has 0 atom stereocenters. The molecule has 0 amide bonds. The molecule has 0 unspecified atom stereocenters. The minimum atomic E-state index is 0.668. The number of benzene rings is 1. The molecule has 2 N–H and O–H groups in total. The Balaban J connectivity index is 2.53. The maximum absolute atomic E-state index is 5.07. The largest absolute Gasteiger partial charge is 0.473 e. The van der Waals surface area contributed by atoms with E-state index < -0.39 is 0 Å². The Morgan fingerprint density at radius 2 is 2.43 bits per heavy atom. The van der Waals surface area contributed by atoms with Crippen molar-refractivity contribution in [2.75, 3.05) is 7.11 Å². The van der Waals surface area contributed by atoms with Crippen LogP contribution in [0.25, 0.3) is 10.2 Å². The van der Waals surface area contributed by atoms with Gasteiger partial charge in [-0.2, -0.15) is 5.10 Å².